The van der Waals surface area contributed by atoms with Gasteiger partial charge in [-0.3, -0.25) is 10.0 Å². The maximum Gasteiger partial charge on any atom is 0.253 e. The van der Waals surface area contributed by atoms with Crippen molar-refractivity contribution in [3.8, 4) is 0 Å². The SMILES string of the molecule is CC[C@@H](C(=O)N(C)O)c1ccc(CC(C)C)cc1. The Labute approximate surface area is 109 Å². The third-order valence-electron chi connectivity index (χ3n) is 3.05. The molecule has 100 valence electrons. The number of hydrogen-bond donors (Lipinski definition) is 1. The van der Waals surface area contributed by atoms with Crippen LogP contribution >= 0.6 is 0 Å². The van der Waals surface area contributed by atoms with Gasteiger partial charge in [-0.05, 0) is 29.9 Å². The largest absolute Gasteiger partial charge is 0.286 e. The number of nitrogens with zero attached hydrogens (tertiary/aromatic N) is 1. The Balaban J connectivity index is 2.85. The van der Waals surface area contributed by atoms with E-state index >= 15 is 0 Å². The third kappa shape index (κ3) is 3.84. The summed E-state index contributed by atoms with van der Waals surface area (Å²) in [6.45, 7) is 6.33. The molecule has 18 heavy (non-hydrogen) atoms. The molecule has 0 saturated carbocycles. The molecule has 1 N–H and O–H groups in total. The number of amides is 1. The van der Waals surface area contributed by atoms with E-state index < -0.39 is 0 Å². The number of hydroxylamine groups is 2. The Bertz CT molecular complexity index is 382. The van der Waals surface area contributed by atoms with Gasteiger partial charge in [0.25, 0.3) is 5.91 Å². The Morgan fingerprint density at radius 1 is 1.28 bits per heavy atom. The van der Waals surface area contributed by atoms with Crippen molar-refractivity contribution < 1.29 is 10.0 Å². The van der Waals surface area contributed by atoms with Crippen molar-refractivity contribution in [1.82, 2.24) is 5.06 Å². The minimum Gasteiger partial charge on any atom is -0.286 e. The van der Waals surface area contributed by atoms with Gasteiger partial charge >= 0.3 is 0 Å². The highest BCUT2D eigenvalue weighted by Crippen LogP contribution is 2.22. The summed E-state index contributed by atoms with van der Waals surface area (Å²) in [7, 11) is 1.37. The minimum absolute atomic E-state index is 0.255. The van der Waals surface area contributed by atoms with Crippen LogP contribution in [0, 0.1) is 5.92 Å². The van der Waals surface area contributed by atoms with E-state index in [1.54, 1.807) is 0 Å². The van der Waals surface area contributed by atoms with E-state index in [1.165, 1.54) is 12.6 Å². The van der Waals surface area contributed by atoms with Gasteiger partial charge in [-0.2, -0.15) is 0 Å². The number of carbonyl (C=O) groups is 1. The molecule has 0 heterocycles. The van der Waals surface area contributed by atoms with Crippen LogP contribution in [0.3, 0.4) is 0 Å². The van der Waals surface area contributed by atoms with Gasteiger partial charge in [0.05, 0.1) is 5.92 Å². The number of benzene rings is 1. The van der Waals surface area contributed by atoms with Crippen molar-refractivity contribution in [3.05, 3.63) is 35.4 Å². The second kappa shape index (κ2) is 6.55. The molecule has 1 aromatic carbocycles. The smallest absolute Gasteiger partial charge is 0.253 e. The van der Waals surface area contributed by atoms with Gasteiger partial charge in [-0.15, -0.1) is 0 Å². The van der Waals surface area contributed by atoms with Gasteiger partial charge in [0.1, 0.15) is 0 Å². The summed E-state index contributed by atoms with van der Waals surface area (Å²) in [6.07, 6.45) is 1.73. The molecule has 1 amide bonds. The van der Waals surface area contributed by atoms with Crippen molar-refractivity contribution in [2.75, 3.05) is 7.05 Å². The van der Waals surface area contributed by atoms with Gasteiger partial charge < -0.3 is 0 Å². The van der Waals surface area contributed by atoms with E-state index in [-0.39, 0.29) is 11.8 Å². The molecule has 1 aromatic rings. The monoisotopic (exact) mass is 249 g/mol. The van der Waals surface area contributed by atoms with Crippen LogP contribution in [0.15, 0.2) is 24.3 Å². The minimum atomic E-state index is -0.256. The quantitative estimate of drug-likeness (QED) is 0.643. The lowest BCUT2D eigenvalue weighted by molar-refractivity contribution is -0.161. The maximum absolute atomic E-state index is 11.8. The molecule has 0 fully saturated rings. The van der Waals surface area contributed by atoms with Crippen LogP contribution in [-0.2, 0) is 11.2 Å². The first-order valence-electron chi connectivity index (χ1n) is 6.51. The lowest BCUT2D eigenvalue weighted by Gasteiger charge is -2.18. The fourth-order valence-corrected chi connectivity index (χ4v) is 2.14. The Morgan fingerprint density at radius 2 is 1.83 bits per heavy atom. The standard InChI is InChI=1S/C15H23NO2/c1-5-14(15(17)16(4)18)13-8-6-12(7-9-13)10-11(2)3/h6-9,11,14,18H,5,10H2,1-4H3/t14-/m1/s1. The number of likely N-dealkylation sites (N-methyl/N-ethyl adjacent to an activating group) is 1. The Kier molecular flexibility index (Phi) is 5.35. The summed E-state index contributed by atoms with van der Waals surface area (Å²) in [5, 5.41) is 9.92. The molecular weight excluding hydrogens is 226 g/mol. The summed E-state index contributed by atoms with van der Waals surface area (Å²) in [4.78, 5) is 11.8. The van der Waals surface area contributed by atoms with E-state index in [4.69, 9.17) is 0 Å². The van der Waals surface area contributed by atoms with Crippen LogP contribution in [0.5, 0.6) is 0 Å². The second-order valence-corrected chi connectivity index (χ2v) is 5.16. The van der Waals surface area contributed by atoms with Gasteiger partial charge in [-0.1, -0.05) is 45.0 Å². The molecule has 0 aliphatic heterocycles. The maximum atomic E-state index is 11.8. The molecule has 1 rings (SSSR count). The van der Waals surface area contributed by atoms with Crippen LogP contribution in [0.4, 0.5) is 0 Å². The molecule has 3 nitrogen and oxygen atoms in total. The summed E-state index contributed by atoms with van der Waals surface area (Å²) in [6, 6.07) is 8.13. The lowest BCUT2D eigenvalue weighted by Crippen LogP contribution is -2.28. The highest BCUT2D eigenvalue weighted by molar-refractivity contribution is 5.82. The lowest BCUT2D eigenvalue weighted by atomic mass is 9.93. The zero-order valence-electron chi connectivity index (χ0n) is 11.7. The van der Waals surface area contributed by atoms with Gasteiger partial charge in [0.2, 0.25) is 0 Å². The average Bonchev–Trinajstić information content (AvgIpc) is 2.31. The molecule has 0 radical (unpaired) electrons. The van der Waals surface area contributed by atoms with Crippen molar-refractivity contribution >= 4 is 5.91 Å². The fraction of sp³-hybridized carbons (Fsp3) is 0.533. The highest BCUT2D eigenvalue weighted by Gasteiger charge is 2.21. The summed E-state index contributed by atoms with van der Waals surface area (Å²) >= 11 is 0. The van der Waals surface area contributed by atoms with E-state index in [1.807, 2.05) is 19.1 Å². The first-order chi connectivity index (χ1) is 8.45. The predicted octanol–water partition coefficient (Wildman–Crippen LogP) is 3.23. The number of hydrogen-bond acceptors (Lipinski definition) is 2. The van der Waals surface area contributed by atoms with Gasteiger partial charge in [-0.25, -0.2) is 5.06 Å². The fourth-order valence-electron chi connectivity index (χ4n) is 2.14. The first kappa shape index (κ1) is 14.7. The molecule has 0 saturated heterocycles. The normalized spacial score (nSPS) is 12.6. The van der Waals surface area contributed by atoms with E-state index in [2.05, 4.69) is 26.0 Å². The molecule has 0 aliphatic rings. The molecule has 3 heteroatoms. The molecule has 0 aromatic heterocycles. The average molecular weight is 249 g/mol. The van der Waals surface area contributed by atoms with Crippen LogP contribution in [0.1, 0.15) is 44.2 Å². The molecule has 0 unspecified atom stereocenters. The second-order valence-electron chi connectivity index (χ2n) is 5.16. The van der Waals surface area contributed by atoms with Gasteiger partial charge in [0, 0.05) is 7.05 Å². The van der Waals surface area contributed by atoms with Crippen LogP contribution in [0.25, 0.3) is 0 Å². The molecular formula is C15H23NO2. The highest BCUT2D eigenvalue weighted by atomic mass is 16.5. The van der Waals surface area contributed by atoms with Crippen LogP contribution in [0.2, 0.25) is 0 Å². The van der Waals surface area contributed by atoms with Crippen molar-refractivity contribution in [1.29, 1.82) is 0 Å². The van der Waals surface area contributed by atoms with E-state index in [9.17, 15) is 10.0 Å². The van der Waals surface area contributed by atoms with E-state index in [0.717, 1.165) is 12.0 Å². The van der Waals surface area contributed by atoms with Crippen LogP contribution in [-0.4, -0.2) is 23.2 Å². The first-order valence-corrected chi connectivity index (χ1v) is 6.51. The third-order valence-corrected chi connectivity index (χ3v) is 3.05. The molecule has 1 atom stereocenters. The number of rotatable bonds is 5. The Hall–Kier alpha value is -1.35. The predicted molar refractivity (Wildman–Crippen MR) is 72.6 cm³/mol. The van der Waals surface area contributed by atoms with Gasteiger partial charge in [0.15, 0.2) is 0 Å². The molecule has 0 bridgehead atoms. The van der Waals surface area contributed by atoms with Crippen LogP contribution < -0.4 is 0 Å². The summed E-state index contributed by atoms with van der Waals surface area (Å²) < 4.78 is 0. The van der Waals surface area contributed by atoms with Crippen molar-refractivity contribution in [3.63, 3.8) is 0 Å². The number of carbonyl (C=O) groups excluding carboxylic acids is 1. The zero-order valence-corrected chi connectivity index (χ0v) is 11.7. The summed E-state index contributed by atoms with van der Waals surface area (Å²) in [5.74, 6) is 0.116. The van der Waals surface area contributed by atoms with Crippen molar-refractivity contribution in [2.24, 2.45) is 5.92 Å². The van der Waals surface area contributed by atoms with Crippen molar-refractivity contribution in [2.45, 2.75) is 39.5 Å². The molecule has 0 spiro atoms. The summed E-state index contributed by atoms with van der Waals surface area (Å²) in [5.41, 5.74) is 2.25. The molecule has 0 aliphatic carbocycles. The Morgan fingerprint density at radius 3 is 2.22 bits per heavy atom. The zero-order chi connectivity index (χ0) is 13.7. The topological polar surface area (TPSA) is 40.5 Å². The van der Waals surface area contributed by atoms with E-state index in [0.29, 0.717) is 17.4 Å².